The molecule has 0 saturated carbocycles. The normalized spacial score (nSPS) is 18.1. The van der Waals surface area contributed by atoms with Crippen molar-refractivity contribution >= 4 is 5.69 Å². The average molecular weight is 205 g/mol. The van der Waals surface area contributed by atoms with Gasteiger partial charge in [-0.15, -0.1) is 0 Å². The van der Waals surface area contributed by atoms with Gasteiger partial charge in [0.15, 0.2) is 0 Å². The minimum absolute atomic E-state index is 0.254. The molecule has 15 heavy (non-hydrogen) atoms. The number of β-amino-alcohol motifs (C(OH)–C–C–N with tert-alkyl or cyclic N) is 1. The molecule has 1 aliphatic rings. The van der Waals surface area contributed by atoms with E-state index in [2.05, 4.69) is 29.2 Å². The lowest BCUT2D eigenvalue weighted by atomic mass is 10.1. The van der Waals surface area contributed by atoms with Crippen molar-refractivity contribution in [2.24, 2.45) is 0 Å². The molecule has 1 aromatic carbocycles. The van der Waals surface area contributed by atoms with Crippen molar-refractivity contribution in [3.05, 3.63) is 29.8 Å². The maximum absolute atomic E-state index is 9.48. The molecule has 0 unspecified atom stereocenters. The first-order chi connectivity index (χ1) is 7.27. The molecule has 1 atom stereocenters. The Labute approximate surface area is 91.5 Å². The van der Waals surface area contributed by atoms with Crippen LogP contribution >= 0.6 is 0 Å². The summed E-state index contributed by atoms with van der Waals surface area (Å²) in [4.78, 5) is 2.31. The number of benzene rings is 1. The van der Waals surface area contributed by atoms with Crippen LogP contribution in [0.15, 0.2) is 24.3 Å². The summed E-state index contributed by atoms with van der Waals surface area (Å²) in [5, 5.41) is 9.48. The molecule has 1 aliphatic heterocycles. The van der Waals surface area contributed by atoms with Gasteiger partial charge in [0.2, 0.25) is 0 Å². The van der Waals surface area contributed by atoms with Crippen molar-refractivity contribution in [1.29, 1.82) is 0 Å². The van der Waals surface area contributed by atoms with Crippen LogP contribution in [0.2, 0.25) is 0 Å². The smallest absolute Gasteiger partial charge is 0.0687 e. The van der Waals surface area contributed by atoms with Gasteiger partial charge >= 0.3 is 0 Å². The lowest BCUT2D eigenvalue weighted by Gasteiger charge is -2.26. The molecule has 0 aliphatic carbocycles. The van der Waals surface area contributed by atoms with Gasteiger partial charge in [-0.1, -0.05) is 18.2 Å². The Hall–Kier alpha value is -1.02. The second kappa shape index (κ2) is 4.67. The Morgan fingerprint density at radius 2 is 2.13 bits per heavy atom. The van der Waals surface area contributed by atoms with Crippen molar-refractivity contribution in [1.82, 2.24) is 0 Å². The molecule has 1 aromatic rings. The molecule has 0 bridgehead atoms. The lowest BCUT2D eigenvalue weighted by molar-refractivity contribution is 0.200. The van der Waals surface area contributed by atoms with Gasteiger partial charge in [0.25, 0.3) is 0 Å². The van der Waals surface area contributed by atoms with Gasteiger partial charge in [-0.2, -0.15) is 0 Å². The zero-order valence-electron chi connectivity index (χ0n) is 9.32. The minimum Gasteiger partial charge on any atom is -0.392 e. The van der Waals surface area contributed by atoms with Gasteiger partial charge in [0, 0.05) is 18.8 Å². The molecule has 1 N–H and O–H groups in total. The highest BCUT2D eigenvalue weighted by Gasteiger charge is 2.15. The number of anilines is 1. The number of para-hydroxylation sites is 1. The monoisotopic (exact) mass is 205 g/mol. The summed E-state index contributed by atoms with van der Waals surface area (Å²) in [7, 11) is 0. The lowest BCUT2D eigenvalue weighted by Crippen LogP contribution is -2.31. The summed E-state index contributed by atoms with van der Waals surface area (Å²) in [6, 6.07) is 8.56. The number of fused-ring (bicyclic) bond motifs is 1. The van der Waals surface area contributed by atoms with Crippen LogP contribution in [0.1, 0.15) is 25.3 Å². The summed E-state index contributed by atoms with van der Waals surface area (Å²) >= 11 is 0. The molecule has 82 valence electrons. The van der Waals surface area contributed by atoms with Gasteiger partial charge in [-0.25, -0.2) is 0 Å². The standard InChI is InChI=1S/C13H19NO/c1-11(15)10-14-9-5-4-7-12-6-2-3-8-13(12)14/h2-3,6,8,11,15H,4-5,7,9-10H2,1H3/t11-/m0/s1. The van der Waals surface area contributed by atoms with E-state index in [1.165, 1.54) is 30.5 Å². The molecule has 2 nitrogen and oxygen atoms in total. The topological polar surface area (TPSA) is 23.5 Å². The van der Waals surface area contributed by atoms with E-state index in [4.69, 9.17) is 0 Å². The summed E-state index contributed by atoms with van der Waals surface area (Å²) in [5.74, 6) is 0. The maximum atomic E-state index is 9.48. The van der Waals surface area contributed by atoms with Gasteiger partial charge in [0.05, 0.1) is 6.10 Å². The van der Waals surface area contributed by atoms with Crippen LogP contribution in [0.25, 0.3) is 0 Å². The Morgan fingerprint density at radius 1 is 1.33 bits per heavy atom. The van der Waals surface area contributed by atoms with E-state index in [0.29, 0.717) is 0 Å². The minimum atomic E-state index is -0.254. The Kier molecular flexibility index (Phi) is 3.27. The number of aliphatic hydroxyl groups is 1. The number of aryl methyl sites for hydroxylation is 1. The highest BCUT2D eigenvalue weighted by Crippen LogP contribution is 2.25. The third-order valence-corrected chi connectivity index (χ3v) is 2.94. The van der Waals surface area contributed by atoms with E-state index < -0.39 is 0 Å². The third kappa shape index (κ3) is 2.51. The van der Waals surface area contributed by atoms with Crippen LogP contribution in [0, 0.1) is 0 Å². The van der Waals surface area contributed by atoms with Crippen LogP contribution in [0.5, 0.6) is 0 Å². The molecule has 0 radical (unpaired) electrons. The molecule has 0 spiro atoms. The van der Waals surface area contributed by atoms with Crippen LogP contribution in [-0.4, -0.2) is 24.3 Å². The number of rotatable bonds is 2. The predicted molar refractivity (Wildman–Crippen MR) is 63.3 cm³/mol. The number of aliphatic hydroxyl groups excluding tert-OH is 1. The summed E-state index contributed by atoms with van der Waals surface area (Å²) in [6.07, 6.45) is 3.40. The zero-order valence-corrected chi connectivity index (χ0v) is 9.32. The maximum Gasteiger partial charge on any atom is 0.0687 e. The Bertz CT molecular complexity index is 322. The van der Waals surface area contributed by atoms with Gasteiger partial charge in [0.1, 0.15) is 0 Å². The van der Waals surface area contributed by atoms with Gasteiger partial charge in [-0.3, -0.25) is 0 Å². The molecule has 0 aromatic heterocycles. The quantitative estimate of drug-likeness (QED) is 0.800. The van der Waals surface area contributed by atoms with Crippen LogP contribution in [0.3, 0.4) is 0 Å². The molecular weight excluding hydrogens is 186 g/mol. The molecule has 1 heterocycles. The first-order valence-electron chi connectivity index (χ1n) is 5.78. The fourth-order valence-corrected chi connectivity index (χ4v) is 2.28. The van der Waals surface area contributed by atoms with E-state index in [1.54, 1.807) is 0 Å². The van der Waals surface area contributed by atoms with Crippen molar-refractivity contribution in [3.63, 3.8) is 0 Å². The highest BCUT2D eigenvalue weighted by atomic mass is 16.3. The second-order valence-corrected chi connectivity index (χ2v) is 4.38. The Morgan fingerprint density at radius 3 is 2.93 bits per heavy atom. The van der Waals surface area contributed by atoms with Gasteiger partial charge in [-0.05, 0) is 37.8 Å². The van der Waals surface area contributed by atoms with Crippen molar-refractivity contribution in [2.75, 3.05) is 18.0 Å². The summed E-state index contributed by atoms with van der Waals surface area (Å²) in [6.45, 7) is 3.67. The molecule has 2 rings (SSSR count). The number of hydrogen-bond acceptors (Lipinski definition) is 2. The van der Waals surface area contributed by atoms with E-state index in [9.17, 15) is 5.11 Å². The fourth-order valence-electron chi connectivity index (χ4n) is 2.28. The molecule has 0 fully saturated rings. The highest BCUT2D eigenvalue weighted by molar-refractivity contribution is 5.54. The van der Waals surface area contributed by atoms with Crippen LogP contribution in [-0.2, 0) is 6.42 Å². The first kappa shape index (κ1) is 10.5. The summed E-state index contributed by atoms with van der Waals surface area (Å²) < 4.78 is 0. The van der Waals surface area contributed by atoms with Crippen molar-refractivity contribution < 1.29 is 5.11 Å². The van der Waals surface area contributed by atoms with E-state index in [1.807, 2.05) is 6.92 Å². The molecule has 2 heteroatoms. The van der Waals surface area contributed by atoms with E-state index in [0.717, 1.165) is 13.1 Å². The fraction of sp³-hybridized carbons (Fsp3) is 0.538. The largest absolute Gasteiger partial charge is 0.392 e. The van der Waals surface area contributed by atoms with Crippen molar-refractivity contribution in [2.45, 2.75) is 32.3 Å². The second-order valence-electron chi connectivity index (χ2n) is 4.38. The van der Waals surface area contributed by atoms with Gasteiger partial charge < -0.3 is 10.0 Å². The van der Waals surface area contributed by atoms with E-state index in [-0.39, 0.29) is 6.10 Å². The van der Waals surface area contributed by atoms with Crippen molar-refractivity contribution in [3.8, 4) is 0 Å². The SMILES string of the molecule is C[C@H](O)CN1CCCCc2ccccc21. The third-order valence-electron chi connectivity index (χ3n) is 2.94. The average Bonchev–Trinajstić information content (AvgIpc) is 2.41. The first-order valence-corrected chi connectivity index (χ1v) is 5.78. The van der Waals surface area contributed by atoms with E-state index >= 15 is 0 Å². The number of nitrogens with zero attached hydrogens (tertiary/aromatic N) is 1. The van der Waals surface area contributed by atoms with Crippen LogP contribution in [0.4, 0.5) is 5.69 Å². The number of hydrogen-bond donors (Lipinski definition) is 1. The molecule has 0 amide bonds. The summed E-state index contributed by atoms with van der Waals surface area (Å²) in [5.41, 5.74) is 2.74. The Balaban J connectivity index is 2.24. The molecule has 0 saturated heterocycles. The zero-order chi connectivity index (χ0) is 10.7. The van der Waals surface area contributed by atoms with Crippen LogP contribution < -0.4 is 4.90 Å². The predicted octanol–water partition coefficient (Wildman–Crippen LogP) is 2.21. The molecular formula is C13H19NO.